The standard InChI is InChI=1S/C25H28O6/c1-14(2)10-17(15(3)4)11-19-22(29)13-23(31-5)24(25(19)30)20(27)9-7-16-6-8-18(26)12-21(16)28/h6-10,12-13,17,26,28-30H,3,11H2,1-2,4-5H3/t17-/m1/s1. The van der Waals surface area contributed by atoms with E-state index in [2.05, 4.69) is 6.58 Å². The highest BCUT2D eigenvalue weighted by Crippen LogP contribution is 2.40. The van der Waals surface area contributed by atoms with E-state index in [-0.39, 0.29) is 52.2 Å². The molecule has 6 heteroatoms. The summed E-state index contributed by atoms with van der Waals surface area (Å²) in [7, 11) is 1.33. The molecule has 0 fully saturated rings. The van der Waals surface area contributed by atoms with Crippen molar-refractivity contribution in [3.05, 3.63) is 70.8 Å². The summed E-state index contributed by atoms with van der Waals surface area (Å²) >= 11 is 0. The first kappa shape index (κ1) is 23.6. The SMILES string of the molecule is C=C(C)[C@H](C=C(C)C)Cc1c(O)cc(OC)c(C(=O)C=Cc2ccc(O)cc2O)c1O. The largest absolute Gasteiger partial charge is 0.508 e. The van der Waals surface area contributed by atoms with Gasteiger partial charge in [-0.25, -0.2) is 0 Å². The number of allylic oxidation sites excluding steroid dienone is 4. The number of carbonyl (C=O) groups excluding carboxylic acids is 1. The first-order valence-corrected chi connectivity index (χ1v) is 9.71. The Morgan fingerprint density at radius 2 is 1.77 bits per heavy atom. The van der Waals surface area contributed by atoms with Crippen LogP contribution in [0.15, 0.2) is 54.1 Å². The molecule has 0 spiro atoms. The Morgan fingerprint density at radius 3 is 2.32 bits per heavy atom. The molecule has 0 amide bonds. The minimum atomic E-state index is -0.572. The van der Waals surface area contributed by atoms with Gasteiger partial charge in [0, 0.05) is 29.2 Å². The third-order valence-corrected chi connectivity index (χ3v) is 4.83. The Morgan fingerprint density at radius 1 is 1.10 bits per heavy atom. The van der Waals surface area contributed by atoms with Crippen molar-refractivity contribution in [3.8, 4) is 28.7 Å². The van der Waals surface area contributed by atoms with Gasteiger partial charge < -0.3 is 25.2 Å². The zero-order valence-corrected chi connectivity index (χ0v) is 18.1. The average Bonchev–Trinajstić information content (AvgIpc) is 2.68. The monoisotopic (exact) mass is 424 g/mol. The fourth-order valence-corrected chi connectivity index (χ4v) is 3.19. The molecule has 0 bridgehead atoms. The van der Waals surface area contributed by atoms with Gasteiger partial charge in [-0.1, -0.05) is 23.8 Å². The molecule has 0 saturated carbocycles. The number of carbonyl (C=O) groups is 1. The van der Waals surface area contributed by atoms with Gasteiger partial charge in [-0.15, -0.1) is 0 Å². The van der Waals surface area contributed by atoms with Crippen LogP contribution in [0, 0.1) is 5.92 Å². The van der Waals surface area contributed by atoms with Gasteiger partial charge in [0.2, 0.25) is 0 Å². The van der Waals surface area contributed by atoms with Crippen LogP contribution in [-0.4, -0.2) is 33.3 Å². The average molecular weight is 424 g/mol. The van der Waals surface area contributed by atoms with Crippen molar-refractivity contribution in [2.75, 3.05) is 7.11 Å². The van der Waals surface area contributed by atoms with E-state index >= 15 is 0 Å². The molecule has 2 aromatic carbocycles. The number of hydrogen-bond donors (Lipinski definition) is 4. The van der Waals surface area contributed by atoms with Gasteiger partial charge in [0.25, 0.3) is 0 Å². The number of hydrogen-bond acceptors (Lipinski definition) is 6. The maximum absolute atomic E-state index is 12.9. The quantitative estimate of drug-likeness (QED) is 0.266. The molecule has 4 N–H and O–H groups in total. The van der Waals surface area contributed by atoms with E-state index in [0.29, 0.717) is 5.56 Å². The van der Waals surface area contributed by atoms with E-state index in [0.717, 1.165) is 17.2 Å². The lowest BCUT2D eigenvalue weighted by Gasteiger charge is -2.18. The summed E-state index contributed by atoms with van der Waals surface area (Å²) in [5.74, 6) is -1.53. The van der Waals surface area contributed by atoms with Gasteiger partial charge in [-0.3, -0.25) is 4.79 Å². The normalized spacial score (nSPS) is 11.9. The summed E-state index contributed by atoms with van der Waals surface area (Å²) in [6.45, 7) is 9.74. The lowest BCUT2D eigenvalue weighted by molar-refractivity contribution is 0.104. The zero-order valence-electron chi connectivity index (χ0n) is 18.1. The van der Waals surface area contributed by atoms with Crippen LogP contribution in [-0.2, 0) is 6.42 Å². The van der Waals surface area contributed by atoms with Crippen molar-refractivity contribution in [1.82, 2.24) is 0 Å². The highest BCUT2D eigenvalue weighted by Gasteiger charge is 2.24. The molecule has 6 nitrogen and oxygen atoms in total. The molecule has 0 saturated heterocycles. The Balaban J connectivity index is 2.50. The molecule has 2 rings (SSSR count). The van der Waals surface area contributed by atoms with E-state index in [1.807, 2.05) is 26.8 Å². The van der Waals surface area contributed by atoms with Gasteiger partial charge in [-0.05, 0) is 51.5 Å². The molecular formula is C25H28O6. The van der Waals surface area contributed by atoms with Crippen LogP contribution in [0.5, 0.6) is 28.7 Å². The van der Waals surface area contributed by atoms with Crippen LogP contribution >= 0.6 is 0 Å². The Labute approximate surface area is 182 Å². The number of methoxy groups -OCH3 is 1. The van der Waals surface area contributed by atoms with Crippen molar-refractivity contribution in [1.29, 1.82) is 0 Å². The van der Waals surface area contributed by atoms with Crippen molar-refractivity contribution in [3.63, 3.8) is 0 Å². The van der Waals surface area contributed by atoms with E-state index in [1.54, 1.807) is 0 Å². The molecule has 164 valence electrons. The Hall–Kier alpha value is -3.67. The molecule has 0 aliphatic heterocycles. The van der Waals surface area contributed by atoms with Gasteiger partial charge in [-0.2, -0.15) is 0 Å². The molecule has 0 aromatic heterocycles. The second-order valence-electron chi connectivity index (χ2n) is 7.64. The van der Waals surface area contributed by atoms with Crippen molar-refractivity contribution >= 4 is 11.9 Å². The summed E-state index contributed by atoms with van der Waals surface area (Å²) in [5.41, 5.74) is 2.35. The number of aromatic hydroxyl groups is 4. The number of benzene rings is 2. The lowest BCUT2D eigenvalue weighted by Crippen LogP contribution is -2.07. The third-order valence-electron chi connectivity index (χ3n) is 4.83. The highest BCUT2D eigenvalue weighted by atomic mass is 16.5. The van der Waals surface area contributed by atoms with Crippen LogP contribution in [0.2, 0.25) is 0 Å². The molecule has 2 aromatic rings. The number of ether oxygens (including phenoxy) is 1. The van der Waals surface area contributed by atoms with Gasteiger partial charge in [0.1, 0.15) is 34.3 Å². The minimum Gasteiger partial charge on any atom is -0.508 e. The van der Waals surface area contributed by atoms with Crippen LogP contribution < -0.4 is 4.74 Å². The molecule has 1 atom stereocenters. The fourth-order valence-electron chi connectivity index (χ4n) is 3.19. The zero-order chi connectivity index (χ0) is 23.3. The maximum atomic E-state index is 12.9. The molecule has 0 aliphatic rings. The predicted molar refractivity (Wildman–Crippen MR) is 121 cm³/mol. The third kappa shape index (κ3) is 5.69. The number of phenols is 4. The molecule has 31 heavy (non-hydrogen) atoms. The Bertz CT molecular complexity index is 1060. The molecule has 0 aliphatic carbocycles. The van der Waals surface area contributed by atoms with Crippen LogP contribution in [0.4, 0.5) is 0 Å². The molecule has 0 radical (unpaired) electrons. The van der Waals surface area contributed by atoms with E-state index in [9.17, 15) is 25.2 Å². The second-order valence-corrected chi connectivity index (χ2v) is 7.64. The van der Waals surface area contributed by atoms with Crippen LogP contribution in [0.1, 0.15) is 42.3 Å². The summed E-state index contributed by atoms with van der Waals surface area (Å²) in [4.78, 5) is 12.9. The molecule has 0 heterocycles. The lowest BCUT2D eigenvalue weighted by atomic mass is 9.89. The summed E-state index contributed by atoms with van der Waals surface area (Å²) in [5, 5.41) is 40.6. The summed E-state index contributed by atoms with van der Waals surface area (Å²) in [6, 6.07) is 5.28. The minimum absolute atomic E-state index is 0.0254. The van der Waals surface area contributed by atoms with Gasteiger partial charge >= 0.3 is 0 Å². The second kappa shape index (κ2) is 9.89. The van der Waals surface area contributed by atoms with Gasteiger partial charge in [0.05, 0.1) is 7.11 Å². The number of ketones is 1. The van der Waals surface area contributed by atoms with E-state index in [4.69, 9.17) is 4.74 Å². The van der Waals surface area contributed by atoms with E-state index in [1.165, 1.54) is 37.5 Å². The van der Waals surface area contributed by atoms with E-state index < -0.39 is 5.78 Å². The first-order valence-electron chi connectivity index (χ1n) is 9.71. The first-order chi connectivity index (χ1) is 14.5. The summed E-state index contributed by atoms with van der Waals surface area (Å²) in [6.07, 6.45) is 4.78. The number of rotatable bonds is 8. The van der Waals surface area contributed by atoms with Gasteiger partial charge in [0.15, 0.2) is 5.78 Å². The predicted octanol–water partition coefficient (Wildman–Crippen LogP) is 5.11. The fraction of sp³-hybridized carbons (Fsp3) is 0.240. The van der Waals surface area contributed by atoms with Crippen molar-refractivity contribution in [2.45, 2.75) is 27.2 Å². The highest BCUT2D eigenvalue weighted by molar-refractivity contribution is 6.11. The van der Waals surface area contributed by atoms with Crippen LogP contribution in [0.25, 0.3) is 6.08 Å². The smallest absolute Gasteiger partial charge is 0.193 e. The number of phenolic OH excluding ortho intramolecular Hbond substituents is 4. The topological polar surface area (TPSA) is 107 Å². The van der Waals surface area contributed by atoms with Crippen molar-refractivity contribution in [2.24, 2.45) is 5.92 Å². The molecular weight excluding hydrogens is 396 g/mol. The molecule has 0 unspecified atom stereocenters. The van der Waals surface area contributed by atoms with Crippen LogP contribution in [0.3, 0.4) is 0 Å². The van der Waals surface area contributed by atoms with Crippen molar-refractivity contribution < 1.29 is 30.0 Å². The maximum Gasteiger partial charge on any atom is 0.193 e. The Kier molecular flexibility index (Phi) is 7.53. The summed E-state index contributed by atoms with van der Waals surface area (Å²) < 4.78 is 5.20.